The Labute approximate surface area is 88.6 Å². The van der Waals surface area contributed by atoms with E-state index in [0.29, 0.717) is 6.54 Å². The van der Waals surface area contributed by atoms with Gasteiger partial charge in [-0.05, 0) is 23.4 Å². The Bertz CT molecular complexity index is 398. The molecule has 2 rings (SSSR count). The van der Waals surface area contributed by atoms with Crippen LogP contribution in [0.15, 0.2) is 30.5 Å². The van der Waals surface area contributed by atoms with Crippen LogP contribution in [-0.2, 0) is 11.3 Å². The van der Waals surface area contributed by atoms with E-state index in [2.05, 4.69) is 12.1 Å². The summed E-state index contributed by atoms with van der Waals surface area (Å²) < 4.78 is 0. The van der Waals surface area contributed by atoms with Gasteiger partial charge in [-0.25, -0.2) is 0 Å². The highest BCUT2D eigenvalue weighted by Gasteiger charge is 2.10. The minimum absolute atomic E-state index is 0.187. The highest BCUT2D eigenvalue weighted by Crippen LogP contribution is 2.18. The summed E-state index contributed by atoms with van der Waals surface area (Å²) in [5.74, 6) is -0.748. The predicted octanol–water partition coefficient (Wildman–Crippen LogP) is 1.95. The topological polar surface area (TPSA) is 40.5 Å². The van der Waals surface area contributed by atoms with E-state index in [1.165, 1.54) is 11.1 Å². The maximum Gasteiger partial charge on any atom is 0.305 e. The van der Waals surface area contributed by atoms with E-state index in [4.69, 9.17) is 5.11 Å². The Hall–Kier alpha value is -1.77. The molecule has 0 aliphatic carbocycles. The molecule has 1 heterocycles. The molecular formula is C12H13NO2. The average molecular weight is 203 g/mol. The number of nitrogens with zero attached hydrogens (tertiary/aromatic N) is 1. The maximum atomic E-state index is 10.4. The van der Waals surface area contributed by atoms with Gasteiger partial charge in [-0.2, -0.15) is 0 Å². The van der Waals surface area contributed by atoms with Gasteiger partial charge in [-0.15, -0.1) is 0 Å². The van der Waals surface area contributed by atoms with E-state index in [0.717, 1.165) is 6.54 Å². The fraction of sp³-hybridized carbons (Fsp3) is 0.250. The van der Waals surface area contributed by atoms with Crippen LogP contribution in [0.3, 0.4) is 0 Å². The molecule has 3 heteroatoms. The third-order valence-electron chi connectivity index (χ3n) is 2.51. The van der Waals surface area contributed by atoms with Crippen molar-refractivity contribution in [2.24, 2.45) is 0 Å². The van der Waals surface area contributed by atoms with Crippen molar-refractivity contribution < 1.29 is 9.90 Å². The van der Waals surface area contributed by atoms with Gasteiger partial charge in [0.2, 0.25) is 0 Å². The normalized spacial score (nSPS) is 13.7. The van der Waals surface area contributed by atoms with Crippen LogP contribution in [0.2, 0.25) is 0 Å². The minimum Gasteiger partial charge on any atom is -0.481 e. The molecule has 0 bridgehead atoms. The quantitative estimate of drug-likeness (QED) is 0.816. The SMILES string of the molecule is O=C(O)CCN1C=Cc2ccccc2C1. The van der Waals surface area contributed by atoms with E-state index < -0.39 is 5.97 Å². The highest BCUT2D eigenvalue weighted by atomic mass is 16.4. The summed E-state index contributed by atoms with van der Waals surface area (Å²) in [6, 6.07) is 8.16. The number of hydrogen-bond donors (Lipinski definition) is 1. The standard InChI is InChI=1S/C12H13NO2/c14-12(15)6-8-13-7-5-10-3-1-2-4-11(10)9-13/h1-5,7H,6,8-9H2,(H,14,15). The zero-order chi connectivity index (χ0) is 10.7. The zero-order valence-corrected chi connectivity index (χ0v) is 8.39. The molecule has 3 nitrogen and oxygen atoms in total. The number of fused-ring (bicyclic) bond motifs is 1. The molecule has 1 aliphatic rings. The molecule has 1 aliphatic heterocycles. The number of carboxylic acids is 1. The molecule has 78 valence electrons. The van der Waals surface area contributed by atoms with E-state index in [1.54, 1.807) is 0 Å². The Morgan fingerprint density at radius 1 is 1.40 bits per heavy atom. The van der Waals surface area contributed by atoms with Crippen LogP contribution in [-0.4, -0.2) is 22.5 Å². The van der Waals surface area contributed by atoms with Gasteiger partial charge in [0.1, 0.15) is 0 Å². The fourth-order valence-electron chi connectivity index (χ4n) is 1.69. The molecule has 0 unspecified atom stereocenters. The van der Waals surface area contributed by atoms with Gasteiger partial charge in [-0.1, -0.05) is 24.3 Å². The van der Waals surface area contributed by atoms with Gasteiger partial charge < -0.3 is 10.0 Å². The summed E-state index contributed by atoms with van der Waals surface area (Å²) in [6.45, 7) is 1.38. The number of rotatable bonds is 3. The summed E-state index contributed by atoms with van der Waals surface area (Å²) in [4.78, 5) is 12.5. The van der Waals surface area contributed by atoms with Gasteiger partial charge in [0, 0.05) is 13.1 Å². The second kappa shape index (κ2) is 4.17. The maximum absolute atomic E-state index is 10.4. The molecular weight excluding hydrogens is 190 g/mol. The van der Waals surface area contributed by atoms with E-state index in [9.17, 15) is 4.79 Å². The number of hydrogen-bond acceptors (Lipinski definition) is 2. The third-order valence-corrected chi connectivity index (χ3v) is 2.51. The van der Waals surface area contributed by atoms with Gasteiger partial charge in [0.25, 0.3) is 0 Å². The van der Waals surface area contributed by atoms with Crippen LogP contribution >= 0.6 is 0 Å². The van der Waals surface area contributed by atoms with Crippen molar-refractivity contribution in [2.45, 2.75) is 13.0 Å². The molecule has 1 aromatic rings. The summed E-state index contributed by atoms with van der Waals surface area (Å²) >= 11 is 0. The van der Waals surface area contributed by atoms with Gasteiger partial charge in [0.05, 0.1) is 6.42 Å². The largest absolute Gasteiger partial charge is 0.481 e. The lowest BCUT2D eigenvalue weighted by atomic mass is 10.0. The second-order valence-electron chi connectivity index (χ2n) is 3.63. The molecule has 0 radical (unpaired) electrons. The van der Waals surface area contributed by atoms with Crippen LogP contribution in [0.4, 0.5) is 0 Å². The molecule has 0 atom stereocenters. The molecule has 1 N–H and O–H groups in total. The fourth-order valence-corrected chi connectivity index (χ4v) is 1.69. The number of carboxylic acid groups (broad SMARTS) is 1. The lowest BCUT2D eigenvalue weighted by Crippen LogP contribution is -2.22. The first-order chi connectivity index (χ1) is 7.25. The Morgan fingerprint density at radius 2 is 2.20 bits per heavy atom. The number of benzene rings is 1. The van der Waals surface area contributed by atoms with E-state index >= 15 is 0 Å². The molecule has 0 saturated carbocycles. The van der Waals surface area contributed by atoms with Crippen molar-refractivity contribution >= 4 is 12.0 Å². The van der Waals surface area contributed by atoms with Crippen LogP contribution in [0.25, 0.3) is 6.08 Å². The Kier molecular flexibility index (Phi) is 2.72. The Balaban J connectivity index is 2.03. The van der Waals surface area contributed by atoms with E-state index in [1.807, 2.05) is 29.3 Å². The summed E-state index contributed by atoms with van der Waals surface area (Å²) in [7, 11) is 0. The first-order valence-corrected chi connectivity index (χ1v) is 4.97. The van der Waals surface area contributed by atoms with Crippen molar-refractivity contribution in [1.29, 1.82) is 0 Å². The molecule has 0 amide bonds. The van der Waals surface area contributed by atoms with Crippen molar-refractivity contribution in [1.82, 2.24) is 4.90 Å². The smallest absolute Gasteiger partial charge is 0.305 e. The van der Waals surface area contributed by atoms with E-state index in [-0.39, 0.29) is 6.42 Å². The van der Waals surface area contributed by atoms with Crippen LogP contribution < -0.4 is 0 Å². The van der Waals surface area contributed by atoms with Crippen molar-refractivity contribution in [3.8, 4) is 0 Å². The van der Waals surface area contributed by atoms with Crippen LogP contribution in [0.1, 0.15) is 17.5 Å². The zero-order valence-electron chi connectivity index (χ0n) is 8.39. The van der Waals surface area contributed by atoms with Gasteiger partial charge in [-0.3, -0.25) is 4.79 Å². The molecule has 0 saturated heterocycles. The lowest BCUT2D eigenvalue weighted by Gasteiger charge is -2.24. The average Bonchev–Trinajstić information content (AvgIpc) is 2.26. The number of carbonyl (C=O) groups is 1. The number of aliphatic carboxylic acids is 1. The monoisotopic (exact) mass is 203 g/mol. The molecule has 0 spiro atoms. The minimum atomic E-state index is -0.748. The summed E-state index contributed by atoms with van der Waals surface area (Å²) in [5, 5.41) is 8.59. The van der Waals surface area contributed by atoms with Crippen LogP contribution in [0.5, 0.6) is 0 Å². The Morgan fingerprint density at radius 3 is 3.00 bits per heavy atom. The summed E-state index contributed by atoms with van der Waals surface area (Å²) in [6.07, 6.45) is 4.18. The molecule has 1 aromatic carbocycles. The summed E-state index contributed by atoms with van der Waals surface area (Å²) in [5.41, 5.74) is 2.48. The van der Waals surface area contributed by atoms with Crippen molar-refractivity contribution in [3.05, 3.63) is 41.6 Å². The van der Waals surface area contributed by atoms with Crippen molar-refractivity contribution in [3.63, 3.8) is 0 Å². The first kappa shape index (κ1) is 9.77. The molecule has 0 aromatic heterocycles. The molecule has 15 heavy (non-hydrogen) atoms. The predicted molar refractivity (Wildman–Crippen MR) is 58.1 cm³/mol. The van der Waals surface area contributed by atoms with Gasteiger partial charge in [0.15, 0.2) is 0 Å². The molecule has 0 fully saturated rings. The van der Waals surface area contributed by atoms with Crippen molar-refractivity contribution in [2.75, 3.05) is 6.54 Å². The highest BCUT2D eigenvalue weighted by molar-refractivity contribution is 5.67. The third kappa shape index (κ3) is 2.37. The first-order valence-electron chi connectivity index (χ1n) is 4.97. The second-order valence-corrected chi connectivity index (χ2v) is 3.63. The van der Waals surface area contributed by atoms with Gasteiger partial charge >= 0.3 is 5.97 Å². The van der Waals surface area contributed by atoms with Crippen LogP contribution in [0, 0.1) is 0 Å². The lowest BCUT2D eigenvalue weighted by molar-refractivity contribution is -0.137.